The van der Waals surface area contributed by atoms with Crippen molar-refractivity contribution in [3.05, 3.63) is 66.9 Å². The first-order valence-corrected chi connectivity index (χ1v) is 6.97. The Hall–Kier alpha value is -2.67. The summed E-state index contributed by atoms with van der Waals surface area (Å²) in [5.41, 5.74) is -0.533. The van der Waals surface area contributed by atoms with E-state index in [-0.39, 0.29) is 12.1 Å². The normalized spacial score (nSPS) is 10.9. The van der Waals surface area contributed by atoms with Crippen LogP contribution in [0.25, 0.3) is 11.0 Å². The number of rotatable bonds is 3. The molecule has 3 aromatic rings. The molecule has 0 aliphatic carbocycles. The van der Waals surface area contributed by atoms with Gasteiger partial charge in [-0.15, -0.1) is 11.3 Å². The second kappa shape index (κ2) is 5.02. The molecule has 2 heterocycles. The molecule has 0 amide bonds. The number of hydrogen-bond donors (Lipinski definition) is 2. The highest BCUT2D eigenvalue weighted by molar-refractivity contribution is 7.09. The van der Waals surface area contributed by atoms with Crippen LogP contribution in [0.1, 0.15) is 15.2 Å². The van der Waals surface area contributed by atoms with Crippen LogP contribution < -0.4 is 11.1 Å². The van der Waals surface area contributed by atoms with E-state index in [2.05, 4.69) is 4.98 Å². The van der Waals surface area contributed by atoms with Gasteiger partial charge in [-0.2, -0.15) is 0 Å². The molecule has 6 nitrogen and oxygen atoms in total. The van der Waals surface area contributed by atoms with Crippen molar-refractivity contribution in [2.45, 2.75) is 6.54 Å². The highest BCUT2D eigenvalue weighted by Gasteiger charge is 2.11. The fourth-order valence-corrected chi connectivity index (χ4v) is 2.82. The maximum Gasteiger partial charge on any atom is 0.335 e. The van der Waals surface area contributed by atoms with Crippen molar-refractivity contribution >= 4 is 28.3 Å². The third-order valence-electron chi connectivity index (χ3n) is 3.12. The molecule has 0 saturated carbocycles. The Bertz CT molecular complexity index is 938. The number of thiophene rings is 1. The van der Waals surface area contributed by atoms with Gasteiger partial charge >= 0.3 is 17.1 Å². The summed E-state index contributed by atoms with van der Waals surface area (Å²) in [7, 11) is 0. The van der Waals surface area contributed by atoms with Crippen molar-refractivity contribution in [1.29, 1.82) is 0 Å². The summed E-state index contributed by atoms with van der Waals surface area (Å²) < 4.78 is 1.35. The van der Waals surface area contributed by atoms with Gasteiger partial charge in [-0.1, -0.05) is 6.07 Å². The largest absolute Gasteiger partial charge is 0.478 e. The first-order chi connectivity index (χ1) is 10.1. The predicted octanol–water partition coefficient (Wildman–Crippen LogP) is 1.50. The topological polar surface area (TPSA) is 92.2 Å². The zero-order valence-corrected chi connectivity index (χ0v) is 11.5. The van der Waals surface area contributed by atoms with Gasteiger partial charge in [0.1, 0.15) is 0 Å². The Morgan fingerprint density at radius 3 is 2.76 bits per heavy atom. The number of carboxylic acids is 1. The SMILES string of the molecule is O=C(O)c1ccc2c(c1)[nH]c(=O)c(=O)n2Cc1cccs1. The molecule has 106 valence electrons. The molecule has 21 heavy (non-hydrogen) atoms. The Kier molecular flexibility index (Phi) is 3.19. The van der Waals surface area contributed by atoms with Crippen molar-refractivity contribution < 1.29 is 9.90 Å². The van der Waals surface area contributed by atoms with E-state index >= 15 is 0 Å². The van der Waals surface area contributed by atoms with Gasteiger partial charge in [0.2, 0.25) is 0 Å². The number of hydrogen-bond acceptors (Lipinski definition) is 4. The van der Waals surface area contributed by atoms with Crippen LogP contribution in [0, 0.1) is 0 Å². The lowest BCUT2D eigenvalue weighted by molar-refractivity contribution is 0.0697. The maximum absolute atomic E-state index is 12.0. The Balaban J connectivity index is 2.26. The van der Waals surface area contributed by atoms with Gasteiger partial charge in [0.15, 0.2) is 0 Å². The molecule has 0 atom stereocenters. The van der Waals surface area contributed by atoms with Gasteiger partial charge < -0.3 is 10.1 Å². The van der Waals surface area contributed by atoms with E-state index in [1.165, 1.54) is 34.1 Å². The second-order valence-corrected chi connectivity index (χ2v) is 5.49. The van der Waals surface area contributed by atoms with E-state index < -0.39 is 17.1 Å². The predicted molar refractivity (Wildman–Crippen MR) is 79.2 cm³/mol. The molecule has 2 N–H and O–H groups in total. The Morgan fingerprint density at radius 1 is 1.29 bits per heavy atom. The molecule has 2 aromatic heterocycles. The fraction of sp³-hybridized carbons (Fsp3) is 0.0714. The van der Waals surface area contributed by atoms with Crippen LogP contribution in [0.15, 0.2) is 45.3 Å². The first kappa shape index (κ1) is 13.3. The number of nitrogens with one attached hydrogen (secondary N) is 1. The fourth-order valence-electron chi connectivity index (χ4n) is 2.13. The van der Waals surface area contributed by atoms with Crippen molar-refractivity contribution in [2.75, 3.05) is 0 Å². The molecule has 3 rings (SSSR count). The maximum atomic E-state index is 12.0. The van der Waals surface area contributed by atoms with E-state index in [1.54, 1.807) is 0 Å². The van der Waals surface area contributed by atoms with Crippen LogP contribution in [0.2, 0.25) is 0 Å². The Labute approximate surface area is 121 Å². The number of H-pyrrole nitrogens is 1. The van der Waals surface area contributed by atoms with Gasteiger partial charge in [-0.3, -0.25) is 14.2 Å². The summed E-state index contributed by atoms with van der Waals surface area (Å²) >= 11 is 1.48. The lowest BCUT2D eigenvalue weighted by Gasteiger charge is -2.09. The van der Waals surface area contributed by atoms with Gasteiger partial charge in [0.25, 0.3) is 0 Å². The molecule has 0 fully saturated rings. The molecule has 0 saturated heterocycles. The average molecular weight is 302 g/mol. The number of carboxylic acid groups (broad SMARTS) is 1. The number of benzene rings is 1. The summed E-state index contributed by atoms with van der Waals surface area (Å²) in [5, 5.41) is 10.9. The van der Waals surface area contributed by atoms with Crippen LogP contribution in [0.5, 0.6) is 0 Å². The summed E-state index contributed by atoms with van der Waals surface area (Å²) in [6.07, 6.45) is 0. The molecular weight excluding hydrogens is 292 g/mol. The second-order valence-electron chi connectivity index (χ2n) is 4.46. The number of fused-ring (bicyclic) bond motifs is 1. The third-order valence-corrected chi connectivity index (χ3v) is 3.98. The molecule has 0 aliphatic heterocycles. The van der Waals surface area contributed by atoms with E-state index in [0.717, 1.165) is 4.88 Å². The summed E-state index contributed by atoms with van der Waals surface area (Å²) in [5.74, 6) is -1.09. The summed E-state index contributed by atoms with van der Waals surface area (Å²) in [6.45, 7) is 0.281. The Morgan fingerprint density at radius 2 is 2.10 bits per heavy atom. The smallest absolute Gasteiger partial charge is 0.335 e. The molecule has 7 heteroatoms. The summed E-state index contributed by atoms with van der Waals surface area (Å²) in [4.78, 5) is 38.1. The highest BCUT2D eigenvalue weighted by Crippen LogP contribution is 2.15. The molecule has 0 spiro atoms. The van der Waals surface area contributed by atoms with Crippen molar-refractivity contribution in [3.63, 3.8) is 0 Å². The lowest BCUT2D eigenvalue weighted by Crippen LogP contribution is -2.36. The lowest BCUT2D eigenvalue weighted by atomic mass is 10.2. The van der Waals surface area contributed by atoms with Gasteiger partial charge in [0.05, 0.1) is 23.1 Å². The van der Waals surface area contributed by atoms with E-state index in [0.29, 0.717) is 11.0 Å². The quantitative estimate of drug-likeness (QED) is 0.717. The van der Waals surface area contributed by atoms with Gasteiger partial charge in [-0.05, 0) is 29.6 Å². The third kappa shape index (κ3) is 2.38. The van der Waals surface area contributed by atoms with E-state index in [4.69, 9.17) is 5.11 Å². The van der Waals surface area contributed by atoms with Gasteiger partial charge in [0, 0.05) is 4.88 Å². The van der Waals surface area contributed by atoms with Crippen LogP contribution >= 0.6 is 11.3 Å². The minimum absolute atomic E-state index is 0.0551. The van der Waals surface area contributed by atoms with E-state index in [1.807, 2.05) is 17.5 Å². The van der Waals surface area contributed by atoms with Crippen LogP contribution in [0.3, 0.4) is 0 Å². The molecule has 1 aromatic carbocycles. The standard InChI is InChI=1S/C14H10N2O4S/c17-12-13(18)16(7-9-2-1-5-21-9)11-4-3-8(14(19)20)6-10(11)15-12/h1-6H,7H2,(H,15,17)(H,19,20). The number of aromatic amines is 1. The zero-order chi connectivity index (χ0) is 15.0. The molecule has 0 unspecified atom stereocenters. The number of aromatic carboxylic acids is 1. The number of carbonyl (C=O) groups is 1. The van der Waals surface area contributed by atoms with Gasteiger partial charge in [-0.25, -0.2) is 4.79 Å². The van der Waals surface area contributed by atoms with E-state index in [9.17, 15) is 14.4 Å². The monoisotopic (exact) mass is 302 g/mol. The molecular formula is C14H10N2O4S. The van der Waals surface area contributed by atoms with Crippen molar-refractivity contribution in [1.82, 2.24) is 9.55 Å². The number of aromatic nitrogens is 2. The minimum Gasteiger partial charge on any atom is -0.478 e. The number of nitrogens with zero attached hydrogens (tertiary/aromatic N) is 1. The van der Waals surface area contributed by atoms with Crippen molar-refractivity contribution in [3.8, 4) is 0 Å². The van der Waals surface area contributed by atoms with Crippen LogP contribution in [0.4, 0.5) is 0 Å². The van der Waals surface area contributed by atoms with Crippen LogP contribution in [-0.2, 0) is 6.54 Å². The molecule has 0 bridgehead atoms. The van der Waals surface area contributed by atoms with Crippen molar-refractivity contribution in [2.24, 2.45) is 0 Å². The highest BCUT2D eigenvalue weighted by atomic mass is 32.1. The zero-order valence-electron chi connectivity index (χ0n) is 10.7. The minimum atomic E-state index is -1.09. The molecule has 0 aliphatic rings. The summed E-state index contributed by atoms with van der Waals surface area (Å²) in [6, 6.07) is 8.03. The first-order valence-electron chi connectivity index (χ1n) is 6.09. The van der Waals surface area contributed by atoms with Crippen LogP contribution in [-0.4, -0.2) is 20.6 Å². The molecule has 0 radical (unpaired) electrons. The average Bonchev–Trinajstić information content (AvgIpc) is 2.96.